The van der Waals surface area contributed by atoms with Gasteiger partial charge in [0.15, 0.2) is 0 Å². The number of carbonyl (C=O) groups excluding carboxylic acids is 1. The minimum atomic E-state index is -0.165. The predicted octanol–water partition coefficient (Wildman–Crippen LogP) is 3.36. The van der Waals surface area contributed by atoms with E-state index in [9.17, 15) is 4.79 Å². The Kier molecular flexibility index (Phi) is 4.38. The van der Waals surface area contributed by atoms with Crippen molar-refractivity contribution < 1.29 is 9.21 Å². The number of rotatable bonds is 5. The standard InChI is InChI=1S/C18H17N3O2/c1-14(20-18(22)8-7-17-6-3-11-23-17)15-4-2-5-16(12-15)21-10-9-19-13-21/h2-14H,1H3,(H,20,22)/b8-7-/t14-/m1/s1. The molecule has 0 aliphatic rings. The monoisotopic (exact) mass is 307 g/mol. The van der Waals surface area contributed by atoms with Gasteiger partial charge in [0.2, 0.25) is 5.91 Å². The smallest absolute Gasteiger partial charge is 0.244 e. The molecule has 23 heavy (non-hydrogen) atoms. The van der Waals surface area contributed by atoms with Crippen molar-refractivity contribution in [3.63, 3.8) is 0 Å². The second kappa shape index (κ2) is 6.79. The van der Waals surface area contributed by atoms with E-state index >= 15 is 0 Å². The van der Waals surface area contributed by atoms with Gasteiger partial charge in [-0.05, 0) is 42.8 Å². The molecule has 2 heterocycles. The van der Waals surface area contributed by atoms with Gasteiger partial charge in [-0.2, -0.15) is 0 Å². The van der Waals surface area contributed by atoms with Crippen LogP contribution in [-0.2, 0) is 4.79 Å². The van der Waals surface area contributed by atoms with Gasteiger partial charge in [-0.1, -0.05) is 12.1 Å². The lowest BCUT2D eigenvalue weighted by Crippen LogP contribution is -2.24. The summed E-state index contributed by atoms with van der Waals surface area (Å²) < 4.78 is 7.08. The van der Waals surface area contributed by atoms with Gasteiger partial charge in [0.05, 0.1) is 18.6 Å². The Balaban J connectivity index is 1.67. The fourth-order valence-corrected chi connectivity index (χ4v) is 2.26. The first-order valence-electron chi connectivity index (χ1n) is 7.33. The van der Waals surface area contributed by atoms with Gasteiger partial charge in [-0.15, -0.1) is 0 Å². The van der Waals surface area contributed by atoms with Crippen LogP contribution in [-0.4, -0.2) is 15.5 Å². The van der Waals surface area contributed by atoms with Crippen LogP contribution in [0.25, 0.3) is 11.8 Å². The molecular formula is C18H17N3O2. The first-order valence-corrected chi connectivity index (χ1v) is 7.33. The Morgan fingerprint density at radius 2 is 2.26 bits per heavy atom. The van der Waals surface area contributed by atoms with Gasteiger partial charge >= 0.3 is 0 Å². The highest BCUT2D eigenvalue weighted by Gasteiger charge is 2.08. The summed E-state index contributed by atoms with van der Waals surface area (Å²) in [6.07, 6.45) is 10.0. The zero-order valence-corrected chi connectivity index (χ0v) is 12.7. The number of nitrogens with zero attached hydrogens (tertiary/aromatic N) is 2. The highest BCUT2D eigenvalue weighted by Crippen LogP contribution is 2.17. The minimum Gasteiger partial charge on any atom is -0.465 e. The van der Waals surface area contributed by atoms with Gasteiger partial charge < -0.3 is 14.3 Å². The number of carbonyl (C=O) groups is 1. The van der Waals surface area contributed by atoms with Crippen molar-refractivity contribution in [1.82, 2.24) is 14.9 Å². The number of hydrogen-bond donors (Lipinski definition) is 1. The van der Waals surface area contributed by atoms with Crippen LogP contribution in [0.15, 0.2) is 71.9 Å². The summed E-state index contributed by atoms with van der Waals surface area (Å²) in [5.41, 5.74) is 2.03. The van der Waals surface area contributed by atoms with E-state index in [1.165, 1.54) is 6.08 Å². The third kappa shape index (κ3) is 3.77. The maximum absolute atomic E-state index is 12.0. The van der Waals surface area contributed by atoms with Gasteiger partial charge in [0, 0.05) is 24.2 Å². The number of furan rings is 1. The third-order valence-corrected chi connectivity index (χ3v) is 3.47. The highest BCUT2D eigenvalue weighted by molar-refractivity contribution is 5.91. The molecule has 1 atom stereocenters. The zero-order valence-electron chi connectivity index (χ0n) is 12.7. The molecule has 3 aromatic rings. The van der Waals surface area contributed by atoms with Crippen molar-refractivity contribution in [2.75, 3.05) is 0 Å². The molecule has 2 aromatic heterocycles. The van der Waals surface area contributed by atoms with Crippen LogP contribution < -0.4 is 5.32 Å². The number of hydrogen-bond acceptors (Lipinski definition) is 3. The van der Waals surface area contributed by atoms with Crippen LogP contribution in [0.2, 0.25) is 0 Å². The molecule has 0 aliphatic heterocycles. The van der Waals surface area contributed by atoms with Crippen LogP contribution >= 0.6 is 0 Å². The topological polar surface area (TPSA) is 60.1 Å². The van der Waals surface area contributed by atoms with Crippen molar-refractivity contribution in [3.8, 4) is 5.69 Å². The molecule has 0 saturated heterocycles. The summed E-state index contributed by atoms with van der Waals surface area (Å²) in [6, 6.07) is 11.4. The molecule has 0 saturated carbocycles. The fraction of sp³-hybridized carbons (Fsp3) is 0.111. The lowest BCUT2D eigenvalue weighted by atomic mass is 10.1. The Labute approximate surface area is 134 Å². The SMILES string of the molecule is C[C@@H](NC(=O)/C=C\c1ccco1)c1cccc(-n2ccnc2)c1. The molecule has 5 heteroatoms. The Bertz CT molecular complexity index is 790. The molecule has 0 unspecified atom stereocenters. The molecule has 0 radical (unpaired) electrons. The lowest BCUT2D eigenvalue weighted by Gasteiger charge is -2.14. The number of amides is 1. The van der Waals surface area contributed by atoms with Gasteiger partial charge in [-0.3, -0.25) is 4.79 Å². The van der Waals surface area contributed by atoms with Crippen LogP contribution in [0.1, 0.15) is 24.3 Å². The van der Waals surface area contributed by atoms with Gasteiger partial charge in [0.25, 0.3) is 0 Å². The molecule has 1 amide bonds. The summed E-state index contributed by atoms with van der Waals surface area (Å²) in [5, 5.41) is 2.94. The van der Waals surface area contributed by atoms with Crippen molar-refractivity contribution >= 4 is 12.0 Å². The van der Waals surface area contributed by atoms with E-state index in [4.69, 9.17) is 4.42 Å². The molecule has 1 N–H and O–H groups in total. The summed E-state index contributed by atoms with van der Waals surface area (Å²) in [4.78, 5) is 16.0. The molecule has 0 aliphatic carbocycles. The molecule has 0 bridgehead atoms. The number of benzene rings is 1. The Morgan fingerprint density at radius 3 is 3.00 bits per heavy atom. The van der Waals surface area contributed by atoms with Gasteiger partial charge in [-0.25, -0.2) is 4.98 Å². The molecule has 116 valence electrons. The van der Waals surface area contributed by atoms with Crippen molar-refractivity contribution in [2.45, 2.75) is 13.0 Å². The van der Waals surface area contributed by atoms with Gasteiger partial charge in [0.1, 0.15) is 5.76 Å². The van der Waals surface area contributed by atoms with E-state index in [-0.39, 0.29) is 11.9 Å². The average Bonchev–Trinajstić information content (AvgIpc) is 3.26. The number of nitrogens with one attached hydrogen (secondary N) is 1. The summed E-state index contributed by atoms with van der Waals surface area (Å²) in [6.45, 7) is 1.95. The van der Waals surface area contributed by atoms with E-state index < -0.39 is 0 Å². The van der Waals surface area contributed by atoms with Crippen molar-refractivity contribution in [2.24, 2.45) is 0 Å². The van der Waals surface area contributed by atoms with Crippen LogP contribution in [0.4, 0.5) is 0 Å². The largest absolute Gasteiger partial charge is 0.465 e. The average molecular weight is 307 g/mol. The number of aromatic nitrogens is 2. The van der Waals surface area contributed by atoms with E-state index in [1.807, 2.05) is 42.0 Å². The minimum absolute atomic E-state index is 0.104. The van der Waals surface area contributed by atoms with E-state index in [1.54, 1.807) is 37.0 Å². The normalized spacial score (nSPS) is 12.4. The maximum atomic E-state index is 12.0. The number of imidazole rings is 1. The fourth-order valence-electron chi connectivity index (χ4n) is 2.26. The van der Waals surface area contributed by atoms with E-state index in [0.717, 1.165) is 11.3 Å². The Hall–Kier alpha value is -3.08. The molecule has 0 fully saturated rings. The summed E-state index contributed by atoms with van der Waals surface area (Å²) >= 11 is 0. The molecule has 3 rings (SSSR count). The maximum Gasteiger partial charge on any atom is 0.244 e. The quantitative estimate of drug-likeness (QED) is 0.735. The molecular weight excluding hydrogens is 290 g/mol. The molecule has 0 spiro atoms. The van der Waals surface area contributed by atoms with E-state index in [2.05, 4.69) is 10.3 Å². The second-order valence-corrected chi connectivity index (χ2v) is 5.14. The third-order valence-electron chi connectivity index (χ3n) is 3.47. The molecule has 5 nitrogen and oxygen atoms in total. The van der Waals surface area contributed by atoms with Crippen molar-refractivity contribution in [3.05, 3.63) is 78.8 Å². The first-order chi connectivity index (χ1) is 11.2. The van der Waals surface area contributed by atoms with Crippen LogP contribution in [0.5, 0.6) is 0 Å². The van der Waals surface area contributed by atoms with Crippen LogP contribution in [0.3, 0.4) is 0 Å². The Morgan fingerprint density at radius 1 is 1.35 bits per heavy atom. The predicted molar refractivity (Wildman–Crippen MR) is 87.9 cm³/mol. The summed E-state index contributed by atoms with van der Waals surface area (Å²) in [5.74, 6) is 0.483. The van der Waals surface area contributed by atoms with Crippen molar-refractivity contribution in [1.29, 1.82) is 0 Å². The first kappa shape index (κ1) is 14.8. The van der Waals surface area contributed by atoms with E-state index in [0.29, 0.717) is 5.76 Å². The molecule has 1 aromatic carbocycles. The summed E-state index contributed by atoms with van der Waals surface area (Å²) in [7, 11) is 0. The second-order valence-electron chi connectivity index (χ2n) is 5.14. The van der Waals surface area contributed by atoms with Crippen LogP contribution in [0, 0.1) is 0 Å². The zero-order chi connectivity index (χ0) is 16.1. The highest BCUT2D eigenvalue weighted by atomic mass is 16.3. The lowest BCUT2D eigenvalue weighted by molar-refractivity contribution is -0.117.